The molecular weight excluding hydrogens is 386 g/mol. The molecule has 1 aliphatic heterocycles. The highest BCUT2D eigenvalue weighted by molar-refractivity contribution is 6.32. The molecule has 2 aromatic rings. The molecule has 0 aromatic heterocycles. The lowest BCUT2D eigenvalue weighted by atomic mass is 10.1. The SMILES string of the molecule is FC(F)(F)c1ccc(Oc2cc(Cl)c3c(c2)C=CC(C(F)(F)F)O3)cc1. The van der Waals surface area contributed by atoms with Gasteiger partial charge in [0.15, 0.2) is 0 Å². The average Bonchev–Trinajstić information content (AvgIpc) is 2.53. The van der Waals surface area contributed by atoms with Gasteiger partial charge in [-0.05, 0) is 36.4 Å². The summed E-state index contributed by atoms with van der Waals surface area (Å²) in [5.74, 6) is 0.117. The minimum atomic E-state index is -4.58. The van der Waals surface area contributed by atoms with Gasteiger partial charge in [0.25, 0.3) is 0 Å². The number of hydrogen-bond donors (Lipinski definition) is 0. The van der Waals surface area contributed by atoms with E-state index in [1.165, 1.54) is 18.2 Å². The van der Waals surface area contributed by atoms with Gasteiger partial charge in [-0.3, -0.25) is 0 Å². The molecule has 1 heterocycles. The van der Waals surface area contributed by atoms with Gasteiger partial charge in [0.2, 0.25) is 6.10 Å². The summed E-state index contributed by atoms with van der Waals surface area (Å²) >= 11 is 5.96. The molecule has 0 saturated heterocycles. The Hall–Kier alpha value is -2.35. The Bertz CT molecular complexity index is 840. The summed E-state index contributed by atoms with van der Waals surface area (Å²) < 4.78 is 86.1. The van der Waals surface area contributed by atoms with E-state index in [4.69, 9.17) is 21.1 Å². The van der Waals surface area contributed by atoms with Crippen LogP contribution in [0.25, 0.3) is 6.08 Å². The molecule has 9 heteroatoms. The molecule has 1 aliphatic rings. The van der Waals surface area contributed by atoms with Crippen LogP contribution in [0.1, 0.15) is 11.1 Å². The van der Waals surface area contributed by atoms with Crippen molar-refractivity contribution in [1.82, 2.24) is 0 Å². The highest BCUT2D eigenvalue weighted by Gasteiger charge is 2.42. The molecule has 0 bridgehead atoms. The van der Waals surface area contributed by atoms with Crippen molar-refractivity contribution in [1.29, 1.82) is 0 Å². The molecule has 0 aliphatic carbocycles. The van der Waals surface area contributed by atoms with Crippen LogP contribution in [0.5, 0.6) is 17.2 Å². The Morgan fingerprint density at radius 3 is 2.15 bits per heavy atom. The van der Waals surface area contributed by atoms with Crippen molar-refractivity contribution < 1.29 is 35.8 Å². The topological polar surface area (TPSA) is 18.5 Å². The largest absolute Gasteiger partial charge is 0.475 e. The maximum atomic E-state index is 12.7. The number of benzene rings is 2. The molecule has 0 fully saturated rings. The number of fused-ring (bicyclic) bond motifs is 1. The summed E-state index contributed by atoms with van der Waals surface area (Å²) in [6, 6.07) is 6.57. The summed E-state index contributed by atoms with van der Waals surface area (Å²) in [6.07, 6.45) is -9.12. The first kappa shape index (κ1) is 18.4. The van der Waals surface area contributed by atoms with Crippen molar-refractivity contribution in [2.75, 3.05) is 0 Å². The van der Waals surface area contributed by atoms with Crippen LogP contribution in [0.3, 0.4) is 0 Å². The second-order valence-corrected chi connectivity index (χ2v) is 5.79. The van der Waals surface area contributed by atoms with Crippen molar-refractivity contribution in [3.8, 4) is 17.2 Å². The molecule has 0 amide bonds. The first-order chi connectivity index (χ1) is 12.0. The summed E-state index contributed by atoms with van der Waals surface area (Å²) in [5.41, 5.74) is -0.567. The normalized spacial score (nSPS) is 16.8. The first-order valence-electron chi connectivity index (χ1n) is 7.14. The second-order valence-electron chi connectivity index (χ2n) is 5.39. The lowest BCUT2D eigenvalue weighted by Gasteiger charge is -2.24. The van der Waals surface area contributed by atoms with Crippen molar-refractivity contribution >= 4 is 17.7 Å². The number of halogens is 7. The van der Waals surface area contributed by atoms with Gasteiger partial charge in [-0.2, -0.15) is 26.3 Å². The summed E-state index contributed by atoms with van der Waals surface area (Å²) in [6.45, 7) is 0. The zero-order chi connectivity index (χ0) is 19.1. The van der Waals surface area contributed by atoms with E-state index in [1.807, 2.05) is 0 Å². The molecule has 0 saturated carbocycles. The van der Waals surface area contributed by atoms with Crippen LogP contribution < -0.4 is 9.47 Å². The first-order valence-corrected chi connectivity index (χ1v) is 7.52. The fourth-order valence-corrected chi connectivity index (χ4v) is 2.54. The fraction of sp³-hybridized carbons (Fsp3) is 0.176. The van der Waals surface area contributed by atoms with E-state index >= 15 is 0 Å². The Morgan fingerprint density at radius 2 is 1.58 bits per heavy atom. The van der Waals surface area contributed by atoms with E-state index in [9.17, 15) is 26.3 Å². The van der Waals surface area contributed by atoms with Gasteiger partial charge in [0.1, 0.15) is 17.2 Å². The van der Waals surface area contributed by atoms with Crippen LogP contribution in [0.4, 0.5) is 26.3 Å². The summed E-state index contributed by atoms with van der Waals surface area (Å²) in [7, 11) is 0. The Labute approximate surface area is 148 Å². The Balaban J connectivity index is 1.83. The van der Waals surface area contributed by atoms with Gasteiger partial charge < -0.3 is 9.47 Å². The van der Waals surface area contributed by atoms with E-state index in [2.05, 4.69) is 0 Å². The molecule has 0 radical (unpaired) electrons. The molecule has 1 unspecified atom stereocenters. The van der Waals surface area contributed by atoms with Crippen LogP contribution in [0.2, 0.25) is 5.02 Å². The number of rotatable bonds is 2. The van der Waals surface area contributed by atoms with Gasteiger partial charge in [0, 0.05) is 11.6 Å². The van der Waals surface area contributed by atoms with Crippen molar-refractivity contribution in [2.24, 2.45) is 0 Å². The molecule has 3 rings (SSSR count). The van der Waals surface area contributed by atoms with Crippen molar-refractivity contribution in [3.63, 3.8) is 0 Å². The van der Waals surface area contributed by atoms with Crippen LogP contribution >= 0.6 is 11.6 Å². The van der Waals surface area contributed by atoms with Crippen molar-refractivity contribution in [2.45, 2.75) is 18.5 Å². The van der Waals surface area contributed by atoms with Crippen LogP contribution in [0, 0.1) is 0 Å². The maximum Gasteiger partial charge on any atom is 0.429 e. The van der Waals surface area contributed by atoms with Gasteiger partial charge in [0.05, 0.1) is 10.6 Å². The Morgan fingerprint density at radius 1 is 0.923 bits per heavy atom. The summed E-state index contributed by atoms with van der Waals surface area (Å²) in [4.78, 5) is 0. The molecule has 0 N–H and O–H groups in total. The van der Waals surface area contributed by atoms with E-state index in [0.29, 0.717) is 0 Å². The maximum absolute atomic E-state index is 12.7. The van der Waals surface area contributed by atoms with E-state index in [0.717, 1.165) is 30.3 Å². The van der Waals surface area contributed by atoms with Gasteiger partial charge in [-0.1, -0.05) is 17.7 Å². The Kier molecular flexibility index (Phi) is 4.56. The van der Waals surface area contributed by atoms with E-state index < -0.39 is 24.0 Å². The lowest BCUT2D eigenvalue weighted by Crippen LogP contribution is -2.33. The number of alkyl halides is 6. The predicted octanol–water partition coefficient (Wildman–Crippen LogP) is 6.49. The second kappa shape index (κ2) is 6.42. The predicted molar refractivity (Wildman–Crippen MR) is 82.5 cm³/mol. The summed E-state index contributed by atoms with van der Waals surface area (Å²) in [5, 5.41) is -0.108. The third kappa shape index (κ3) is 3.90. The number of ether oxygens (including phenoxy) is 2. The molecule has 2 nitrogen and oxygen atoms in total. The molecule has 2 aromatic carbocycles. The molecule has 26 heavy (non-hydrogen) atoms. The van der Waals surface area contributed by atoms with Gasteiger partial charge in [-0.25, -0.2) is 0 Å². The monoisotopic (exact) mass is 394 g/mol. The third-order valence-corrected chi connectivity index (χ3v) is 3.76. The van der Waals surface area contributed by atoms with Crippen LogP contribution in [-0.2, 0) is 6.18 Å². The zero-order valence-electron chi connectivity index (χ0n) is 12.7. The third-order valence-electron chi connectivity index (χ3n) is 3.48. The van der Waals surface area contributed by atoms with Crippen LogP contribution in [-0.4, -0.2) is 12.3 Å². The highest BCUT2D eigenvalue weighted by atomic mass is 35.5. The lowest BCUT2D eigenvalue weighted by molar-refractivity contribution is -0.180. The zero-order valence-corrected chi connectivity index (χ0v) is 13.4. The standard InChI is InChI=1S/C17H9ClF6O2/c18-13-8-12(25-11-4-2-10(3-5-11)16(19,20)21)7-9-1-6-14(17(22,23)24)26-15(9)13/h1-8,14H. The van der Waals surface area contributed by atoms with E-state index in [1.54, 1.807) is 0 Å². The highest BCUT2D eigenvalue weighted by Crippen LogP contribution is 2.41. The van der Waals surface area contributed by atoms with Gasteiger partial charge in [-0.15, -0.1) is 0 Å². The van der Waals surface area contributed by atoms with Crippen molar-refractivity contribution in [3.05, 3.63) is 58.6 Å². The molecule has 0 spiro atoms. The molecular formula is C17H9ClF6O2. The van der Waals surface area contributed by atoms with Gasteiger partial charge >= 0.3 is 12.4 Å². The molecule has 138 valence electrons. The van der Waals surface area contributed by atoms with Crippen LogP contribution in [0.15, 0.2) is 42.5 Å². The molecule has 1 atom stereocenters. The smallest absolute Gasteiger partial charge is 0.429 e. The minimum Gasteiger partial charge on any atom is -0.475 e. The minimum absolute atomic E-state index is 0.108. The number of hydrogen-bond acceptors (Lipinski definition) is 2. The average molecular weight is 395 g/mol. The quantitative estimate of drug-likeness (QED) is 0.542. The van der Waals surface area contributed by atoms with E-state index in [-0.39, 0.29) is 27.8 Å². The fourth-order valence-electron chi connectivity index (χ4n) is 2.28.